The molecule has 3 aromatic rings. The topological polar surface area (TPSA) is 68.5 Å². The minimum atomic E-state index is 0.000502. The molecule has 1 saturated heterocycles. The summed E-state index contributed by atoms with van der Waals surface area (Å²) in [5.41, 5.74) is 5.31. The van der Waals surface area contributed by atoms with E-state index >= 15 is 0 Å². The number of nitrogens with zero attached hydrogens (tertiary/aromatic N) is 3. The van der Waals surface area contributed by atoms with E-state index in [2.05, 4.69) is 44.0 Å². The van der Waals surface area contributed by atoms with Crippen molar-refractivity contribution in [3.05, 3.63) is 90.8 Å². The van der Waals surface area contributed by atoms with Crippen molar-refractivity contribution in [2.24, 2.45) is 5.92 Å². The number of aromatic nitrogens is 2. The van der Waals surface area contributed by atoms with Crippen LogP contribution in [-0.4, -0.2) is 34.3 Å². The largest absolute Gasteiger partial charge is 0.342 e. The second-order valence-electron chi connectivity index (χ2n) is 9.30. The van der Waals surface area contributed by atoms with E-state index in [0.29, 0.717) is 24.5 Å². The summed E-state index contributed by atoms with van der Waals surface area (Å²) < 4.78 is 4.02. The van der Waals surface area contributed by atoms with Gasteiger partial charge in [-0.25, -0.2) is 0 Å². The highest BCUT2D eigenvalue weighted by Crippen LogP contribution is 2.45. The second kappa shape index (κ2) is 10.1. The van der Waals surface area contributed by atoms with E-state index in [4.69, 9.17) is 11.6 Å². The number of piperidine rings is 1. The fourth-order valence-electron chi connectivity index (χ4n) is 5.53. The van der Waals surface area contributed by atoms with Crippen molar-refractivity contribution in [3.63, 3.8) is 0 Å². The van der Waals surface area contributed by atoms with Gasteiger partial charge in [0.15, 0.2) is 0 Å². The van der Waals surface area contributed by atoms with E-state index in [9.17, 15) is 15.2 Å². The Morgan fingerprint density at radius 1 is 1.09 bits per heavy atom. The van der Waals surface area contributed by atoms with Gasteiger partial charge in [0.1, 0.15) is 0 Å². The SMILES string of the molecule is O=C(Cc1cc[n+](O)cc1)N1CCC([C@H]2c3ccc(Cl)c(Br)c3CCc3cc(Br)c[n+](O)c32)CC1. The fraction of sp³-hybridized carbons (Fsp3) is 0.346. The Hall–Kier alpha value is -2.16. The van der Waals surface area contributed by atoms with Gasteiger partial charge in [0.25, 0.3) is 0 Å². The summed E-state index contributed by atoms with van der Waals surface area (Å²) in [6.45, 7) is 1.35. The fourth-order valence-corrected chi connectivity index (χ4v) is 6.73. The standard InChI is InChI=1S/C26H26Br2ClN3O3/c27-19-14-18-1-2-21-20(3-4-22(29)25(21)28)24(26(18)32(35)15-19)17-7-9-30(10-8-17)23(33)13-16-5-11-31(34)12-6-16/h3-6,11-12,14-15,17,24,34-35H,1-2,7-10,13H2/q+2/t24-/m0/s1. The van der Waals surface area contributed by atoms with E-state index in [0.717, 1.165) is 56.2 Å². The van der Waals surface area contributed by atoms with Crippen LogP contribution in [0.15, 0.2) is 57.9 Å². The molecule has 2 aromatic heterocycles. The minimum Gasteiger partial charge on any atom is -0.342 e. The predicted octanol–water partition coefficient (Wildman–Crippen LogP) is 4.63. The molecule has 0 unspecified atom stereocenters. The summed E-state index contributed by atoms with van der Waals surface area (Å²) in [4.78, 5) is 14.9. The molecule has 9 heteroatoms. The molecule has 1 atom stereocenters. The monoisotopic (exact) mass is 621 g/mol. The number of pyridine rings is 2. The Kier molecular flexibility index (Phi) is 7.06. The van der Waals surface area contributed by atoms with E-state index in [-0.39, 0.29) is 17.7 Å². The van der Waals surface area contributed by atoms with Crippen LogP contribution >= 0.6 is 43.5 Å². The highest BCUT2D eigenvalue weighted by molar-refractivity contribution is 9.10. The van der Waals surface area contributed by atoms with Crippen LogP contribution in [0.1, 0.15) is 46.7 Å². The zero-order valence-corrected chi connectivity index (χ0v) is 22.9. The van der Waals surface area contributed by atoms with E-state index in [1.807, 2.05) is 11.0 Å². The zero-order chi connectivity index (χ0) is 24.7. The number of rotatable bonds is 3. The van der Waals surface area contributed by atoms with Gasteiger partial charge in [-0.2, -0.15) is 0 Å². The number of amides is 1. The number of benzene rings is 1. The van der Waals surface area contributed by atoms with E-state index < -0.39 is 0 Å². The molecule has 2 aliphatic rings. The molecule has 0 spiro atoms. The summed E-state index contributed by atoms with van der Waals surface area (Å²) in [6.07, 6.45) is 8.41. The van der Waals surface area contributed by atoms with Crippen LogP contribution in [0.25, 0.3) is 0 Å². The van der Waals surface area contributed by atoms with Crippen LogP contribution in [0.3, 0.4) is 0 Å². The molecule has 1 fully saturated rings. The smallest absolute Gasteiger partial charge is 0.245 e. The number of carbonyl (C=O) groups is 1. The maximum atomic E-state index is 12.9. The van der Waals surface area contributed by atoms with Gasteiger partial charge in [0.2, 0.25) is 30.2 Å². The lowest BCUT2D eigenvalue weighted by Gasteiger charge is -2.35. The van der Waals surface area contributed by atoms with Crippen molar-refractivity contribution in [2.75, 3.05) is 13.1 Å². The Morgan fingerprint density at radius 2 is 1.80 bits per heavy atom. The quantitative estimate of drug-likeness (QED) is 0.331. The summed E-state index contributed by atoms with van der Waals surface area (Å²) in [6, 6.07) is 9.64. The summed E-state index contributed by atoms with van der Waals surface area (Å²) in [7, 11) is 0. The van der Waals surface area contributed by atoms with Crippen molar-refractivity contribution in [3.8, 4) is 0 Å². The number of carbonyl (C=O) groups excluding carboxylic acids is 1. The van der Waals surface area contributed by atoms with Crippen molar-refractivity contribution in [1.29, 1.82) is 0 Å². The van der Waals surface area contributed by atoms with Gasteiger partial charge in [0, 0.05) is 44.7 Å². The van der Waals surface area contributed by atoms with Crippen LogP contribution in [0, 0.1) is 5.92 Å². The molecule has 182 valence electrons. The van der Waals surface area contributed by atoms with Crippen molar-refractivity contribution in [2.45, 2.75) is 38.0 Å². The molecule has 1 aromatic carbocycles. The molecule has 1 aliphatic carbocycles. The number of hydrogen-bond acceptors (Lipinski definition) is 3. The number of fused-ring (bicyclic) bond motifs is 2. The van der Waals surface area contributed by atoms with E-state index in [1.54, 1.807) is 18.3 Å². The molecule has 6 nitrogen and oxygen atoms in total. The van der Waals surface area contributed by atoms with Crippen molar-refractivity contribution in [1.82, 2.24) is 4.90 Å². The molecule has 1 amide bonds. The van der Waals surface area contributed by atoms with E-state index in [1.165, 1.54) is 28.3 Å². The first-order chi connectivity index (χ1) is 16.8. The Balaban J connectivity index is 1.42. The van der Waals surface area contributed by atoms with Gasteiger partial charge in [-0.05, 0) is 92.3 Å². The van der Waals surface area contributed by atoms with Gasteiger partial charge in [-0.15, -0.1) is 0 Å². The summed E-state index contributed by atoms with van der Waals surface area (Å²) in [5, 5.41) is 21.1. The lowest BCUT2D eigenvalue weighted by atomic mass is 9.76. The molecule has 2 N–H and O–H groups in total. The maximum Gasteiger partial charge on any atom is 0.245 e. The normalized spacial score (nSPS) is 18.0. The third kappa shape index (κ3) is 4.93. The van der Waals surface area contributed by atoms with Crippen LogP contribution < -0.4 is 9.46 Å². The number of likely N-dealkylation sites (tertiary alicyclic amines) is 1. The van der Waals surface area contributed by atoms with Crippen LogP contribution in [0.5, 0.6) is 0 Å². The van der Waals surface area contributed by atoms with Gasteiger partial charge < -0.3 is 4.90 Å². The summed E-state index contributed by atoms with van der Waals surface area (Å²) >= 11 is 13.7. The Morgan fingerprint density at radius 3 is 2.51 bits per heavy atom. The Bertz CT molecular complexity index is 1280. The van der Waals surface area contributed by atoms with Gasteiger partial charge in [0.05, 0.1) is 21.8 Å². The maximum absolute atomic E-state index is 12.9. The third-order valence-electron chi connectivity index (χ3n) is 7.24. The van der Waals surface area contributed by atoms with Gasteiger partial charge >= 0.3 is 0 Å². The number of hydrogen-bond donors (Lipinski definition) is 2. The minimum absolute atomic E-state index is 0.000502. The Labute approximate surface area is 225 Å². The van der Waals surface area contributed by atoms with Gasteiger partial charge in [-0.1, -0.05) is 17.7 Å². The van der Waals surface area contributed by atoms with Crippen molar-refractivity contribution < 1.29 is 24.7 Å². The van der Waals surface area contributed by atoms with Crippen LogP contribution in [0.4, 0.5) is 0 Å². The highest BCUT2D eigenvalue weighted by atomic mass is 79.9. The van der Waals surface area contributed by atoms with Gasteiger partial charge in [-0.3, -0.25) is 15.2 Å². The molecular formula is C26H26Br2ClN3O3+2. The third-order valence-corrected chi connectivity index (χ3v) is 9.12. The average Bonchev–Trinajstić information content (AvgIpc) is 3.00. The molecule has 0 saturated carbocycles. The molecule has 35 heavy (non-hydrogen) atoms. The lowest BCUT2D eigenvalue weighted by molar-refractivity contribution is -0.911. The molecule has 1 aliphatic heterocycles. The predicted molar refractivity (Wildman–Crippen MR) is 137 cm³/mol. The average molecular weight is 624 g/mol. The van der Waals surface area contributed by atoms with Crippen LogP contribution in [-0.2, 0) is 24.1 Å². The second-order valence-corrected chi connectivity index (χ2v) is 11.4. The first-order valence-corrected chi connectivity index (χ1v) is 13.7. The van der Waals surface area contributed by atoms with Crippen LogP contribution in [0.2, 0.25) is 5.02 Å². The molecule has 5 rings (SSSR count). The molecule has 0 bridgehead atoms. The number of aryl methyl sites for hydroxylation is 1. The number of halogens is 3. The zero-order valence-electron chi connectivity index (χ0n) is 19.0. The molecular weight excluding hydrogens is 598 g/mol. The summed E-state index contributed by atoms with van der Waals surface area (Å²) in [5.74, 6) is 0.365. The first kappa shape index (κ1) is 24.5. The molecule has 3 heterocycles. The first-order valence-electron chi connectivity index (χ1n) is 11.7. The van der Waals surface area contributed by atoms with Crippen molar-refractivity contribution >= 4 is 49.4 Å². The highest BCUT2D eigenvalue weighted by Gasteiger charge is 2.40. The molecule has 0 radical (unpaired) electrons. The lowest BCUT2D eigenvalue weighted by Crippen LogP contribution is -2.44.